The summed E-state index contributed by atoms with van der Waals surface area (Å²) in [7, 11) is 0. The Hall–Kier alpha value is -2.35. The van der Waals surface area contributed by atoms with Gasteiger partial charge in [-0.1, -0.05) is 6.92 Å². The van der Waals surface area contributed by atoms with Crippen LogP contribution in [0.1, 0.15) is 31.3 Å². The second kappa shape index (κ2) is 5.74. The van der Waals surface area contributed by atoms with Gasteiger partial charge in [0.1, 0.15) is 0 Å². The molecule has 106 valence electrons. The fourth-order valence-electron chi connectivity index (χ4n) is 2.02. The molecule has 0 saturated heterocycles. The van der Waals surface area contributed by atoms with Crippen LogP contribution in [-0.2, 0) is 0 Å². The molecule has 8 nitrogen and oxygen atoms in total. The van der Waals surface area contributed by atoms with E-state index in [0.717, 1.165) is 17.8 Å². The first-order valence-corrected chi connectivity index (χ1v) is 6.31. The number of nitrogens with zero attached hydrogens (tertiary/aromatic N) is 5. The standard InChI is InChI=1S/C12H16N6O2/c1-4-13-9(3)12-14-15-16-17(12)11-6-5-10(18(19)20)7-8(11)2/h5-7,9,13H,4H2,1-3H3. The van der Waals surface area contributed by atoms with Crippen molar-refractivity contribution >= 4 is 5.69 Å². The lowest BCUT2D eigenvalue weighted by Gasteiger charge is -2.13. The van der Waals surface area contributed by atoms with E-state index in [2.05, 4.69) is 20.8 Å². The van der Waals surface area contributed by atoms with Gasteiger partial charge in [0, 0.05) is 12.1 Å². The zero-order chi connectivity index (χ0) is 14.7. The minimum Gasteiger partial charge on any atom is -0.308 e. The van der Waals surface area contributed by atoms with E-state index in [1.54, 1.807) is 17.7 Å². The molecule has 1 atom stereocenters. The van der Waals surface area contributed by atoms with E-state index in [9.17, 15) is 10.1 Å². The number of hydrogen-bond acceptors (Lipinski definition) is 6. The minimum absolute atomic E-state index is 0.00964. The van der Waals surface area contributed by atoms with E-state index in [1.165, 1.54) is 12.1 Å². The lowest BCUT2D eigenvalue weighted by atomic mass is 10.1. The minimum atomic E-state index is -0.418. The highest BCUT2D eigenvalue weighted by Crippen LogP contribution is 2.22. The monoisotopic (exact) mass is 276 g/mol. The highest BCUT2D eigenvalue weighted by molar-refractivity contribution is 5.47. The van der Waals surface area contributed by atoms with Crippen LogP contribution in [0.4, 0.5) is 5.69 Å². The molecule has 0 amide bonds. The molecule has 2 aromatic rings. The Balaban J connectivity index is 2.42. The van der Waals surface area contributed by atoms with E-state index in [1.807, 2.05) is 13.8 Å². The molecule has 0 aliphatic carbocycles. The number of tetrazole rings is 1. The number of benzene rings is 1. The number of hydrogen-bond donors (Lipinski definition) is 1. The van der Waals surface area contributed by atoms with E-state index in [4.69, 9.17) is 0 Å². The molecule has 1 heterocycles. The molecule has 0 aliphatic heterocycles. The van der Waals surface area contributed by atoms with Crippen molar-refractivity contribution < 1.29 is 4.92 Å². The van der Waals surface area contributed by atoms with Crippen molar-refractivity contribution in [1.82, 2.24) is 25.5 Å². The Kier molecular flexibility index (Phi) is 4.04. The summed E-state index contributed by atoms with van der Waals surface area (Å²) in [6.07, 6.45) is 0. The zero-order valence-corrected chi connectivity index (χ0v) is 11.6. The molecule has 2 rings (SSSR count). The van der Waals surface area contributed by atoms with E-state index >= 15 is 0 Å². The maximum atomic E-state index is 10.8. The summed E-state index contributed by atoms with van der Waals surface area (Å²) < 4.78 is 1.60. The number of aromatic nitrogens is 4. The molecule has 0 spiro atoms. The molecule has 0 saturated carbocycles. The van der Waals surface area contributed by atoms with Crippen molar-refractivity contribution in [2.75, 3.05) is 6.54 Å². The molecule has 8 heteroatoms. The van der Waals surface area contributed by atoms with E-state index < -0.39 is 4.92 Å². The van der Waals surface area contributed by atoms with Gasteiger partial charge in [-0.2, -0.15) is 4.68 Å². The Labute approximate surface area is 115 Å². The molecule has 20 heavy (non-hydrogen) atoms. The smallest absolute Gasteiger partial charge is 0.269 e. The van der Waals surface area contributed by atoms with Crippen molar-refractivity contribution in [3.8, 4) is 5.69 Å². The molecule has 1 N–H and O–H groups in total. The fraction of sp³-hybridized carbons (Fsp3) is 0.417. The highest BCUT2D eigenvalue weighted by Gasteiger charge is 2.17. The van der Waals surface area contributed by atoms with Gasteiger partial charge in [0.05, 0.1) is 16.7 Å². The third-order valence-corrected chi connectivity index (χ3v) is 3.01. The number of non-ortho nitro benzene ring substituents is 1. The van der Waals surface area contributed by atoms with Crippen LogP contribution in [0.25, 0.3) is 5.69 Å². The fourth-order valence-corrected chi connectivity index (χ4v) is 2.02. The van der Waals surface area contributed by atoms with Crippen LogP contribution in [0.2, 0.25) is 0 Å². The second-order valence-electron chi connectivity index (χ2n) is 4.46. The maximum Gasteiger partial charge on any atom is 0.269 e. The van der Waals surface area contributed by atoms with Gasteiger partial charge in [0.15, 0.2) is 5.82 Å². The van der Waals surface area contributed by atoms with Crippen LogP contribution in [0.15, 0.2) is 18.2 Å². The highest BCUT2D eigenvalue weighted by atomic mass is 16.6. The van der Waals surface area contributed by atoms with Gasteiger partial charge < -0.3 is 5.32 Å². The summed E-state index contributed by atoms with van der Waals surface area (Å²) >= 11 is 0. The lowest BCUT2D eigenvalue weighted by Crippen LogP contribution is -2.21. The van der Waals surface area contributed by atoms with Gasteiger partial charge in [0.2, 0.25) is 0 Å². The molecule has 0 bridgehead atoms. The number of nitro groups is 1. The molecule has 0 fully saturated rings. The number of aryl methyl sites for hydroxylation is 1. The van der Waals surface area contributed by atoms with Crippen molar-refractivity contribution in [3.63, 3.8) is 0 Å². The predicted octanol–water partition coefficient (Wildman–Crippen LogP) is 1.55. The summed E-state index contributed by atoms with van der Waals surface area (Å²) in [5, 5.41) is 25.7. The lowest BCUT2D eigenvalue weighted by molar-refractivity contribution is -0.384. The molecular formula is C12H16N6O2. The van der Waals surface area contributed by atoms with Crippen molar-refractivity contribution in [2.45, 2.75) is 26.8 Å². The first-order valence-electron chi connectivity index (χ1n) is 6.31. The maximum absolute atomic E-state index is 10.8. The van der Waals surface area contributed by atoms with Crippen LogP contribution in [-0.4, -0.2) is 31.7 Å². The van der Waals surface area contributed by atoms with Gasteiger partial charge in [-0.05, 0) is 42.4 Å². The number of rotatable bonds is 5. The quantitative estimate of drug-likeness (QED) is 0.657. The molecule has 1 aromatic carbocycles. The summed E-state index contributed by atoms with van der Waals surface area (Å²) in [6.45, 7) is 6.56. The third-order valence-electron chi connectivity index (χ3n) is 3.01. The third kappa shape index (κ3) is 2.64. The normalized spacial score (nSPS) is 12.3. The van der Waals surface area contributed by atoms with Gasteiger partial charge in [-0.25, -0.2) is 0 Å². The predicted molar refractivity (Wildman–Crippen MR) is 72.6 cm³/mol. The van der Waals surface area contributed by atoms with Gasteiger partial charge in [-0.15, -0.1) is 5.10 Å². The van der Waals surface area contributed by atoms with Crippen LogP contribution < -0.4 is 5.32 Å². The average molecular weight is 276 g/mol. The summed E-state index contributed by atoms with van der Waals surface area (Å²) in [5.41, 5.74) is 1.54. The van der Waals surface area contributed by atoms with Gasteiger partial charge >= 0.3 is 0 Å². The Morgan fingerprint density at radius 2 is 2.25 bits per heavy atom. The summed E-state index contributed by atoms with van der Waals surface area (Å²) in [4.78, 5) is 10.3. The van der Waals surface area contributed by atoms with Crippen LogP contribution in [0.3, 0.4) is 0 Å². The average Bonchev–Trinajstić information content (AvgIpc) is 2.87. The second-order valence-corrected chi connectivity index (χ2v) is 4.46. The summed E-state index contributed by atoms with van der Waals surface area (Å²) in [6, 6.07) is 4.61. The van der Waals surface area contributed by atoms with Gasteiger partial charge in [-0.3, -0.25) is 10.1 Å². The van der Waals surface area contributed by atoms with E-state index in [-0.39, 0.29) is 11.7 Å². The van der Waals surface area contributed by atoms with Crippen molar-refractivity contribution in [2.24, 2.45) is 0 Å². The molecular weight excluding hydrogens is 260 g/mol. The molecule has 0 aliphatic rings. The summed E-state index contributed by atoms with van der Waals surface area (Å²) in [5.74, 6) is 0.670. The Bertz CT molecular complexity index is 624. The molecule has 1 unspecified atom stereocenters. The first kappa shape index (κ1) is 14.1. The molecule has 1 aromatic heterocycles. The molecule has 0 radical (unpaired) electrons. The van der Waals surface area contributed by atoms with Gasteiger partial charge in [0.25, 0.3) is 5.69 Å². The van der Waals surface area contributed by atoms with Crippen molar-refractivity contribution in [1.29, 1.82) is 0 Å². The largest absolute Gasteiger partial charge is 0.308 e. The van der Waals surface area contributed by atoms with Crippen molar-refractivity contribution in [3.05, 3.63) is 39.7 Å². The van der Waals surface area contributed by atoms with Crippen LogP contribution in [0.5, 0.6) is 0 Å². The number of nitro benzene ring substituents is 1. The zero-order valence-electron chi connectivity index (χ0n) is 11.6. The van der Waals surface area contributed by atoms with E-state index in [0.29, 0.717) is 5.82 Å². The van der Waals surface area contributed by atoms with Crippen LogP contribution in [0, 0.1) is 17.0 Å². The SMILES string of the molecule is CCNC(C)c1nnnn1-c1ccc([N+](=O)[O-])cc1C. The van der Waals surface area contributed by atoms with Crippen LogP contribution >= 0.6 is 0 Å². The first-order chi connectivity index (χ1) is 9.54. The Morgan fingerprint density at radius 3 is 2.85 bits per heavy atom. The Morgan fingerprint density at radius 1 is 1.50 bits per heavy atom. The topological polar surface area (TPSA) is 98.8 Å². The number of nitrogens with one attached hydrogen (secondary N) is 1.